The Morgan fingerprint density at radius 1 is 1.38 bits per heavy atom. The smallest absolute Gasteiger partial charge is 0.149 e. The molecule has 1 aromatic carbocycles. The quantitative estimate of drug-likeness (QED) is 0.894. The van der Waals surface area contributed by atoms with Gasteiger partial charge in [0.15, 0.2) is 0 Å². The fourth-order valence-electron chi connectivity index (χ4n) is 1.34. The summed E-state index contributed by atoms with van der Waals surface area (Å²) < 4.78 is 0. The van der Waals surface area contributed by atoms with Crippen LogP contribution in [0.15, 0.2) is 18.2 Å². The van der Waals surface area contributed by atoms with Gasteiger partial charge in [-0.15, -0.1) is 10.2 Å². The summed E-state index contributed by atoms with van der Waals surface area (Å²) in [6, 6.07) is 5.79. The summed E-state index contributed by atoms with van der Waals surface area (Å²) in [5, 5.41) is 10.5. The molecule has 2 rings (SSSR count). The maximum Gasteiger partial charge on any atom is 0.149 e. The first kappa shape index (κ1) is 11.5. The van der Waals surface area contributed by atoms with Gasteiger partial charge in [0, 0.05) is 5.56 Å². The highest BCUT2D eigenvalue weighted by Gasteiger charge is 2.12. The third kappa shape index (κ3) is 2.09. The van der Waals surface area contributed by atoms with Crippen LogP contribution in [0.3, 0.4) is 0 Å². The molecule has 0 saturated carbocycles. The van der Waals surface area contributed by atoms with Crippen molar-refractivity contribution < 1.29 is 0 Å². The Labute approximate surface area is 103 Å². The van der Waals surface area contributed by atoms with E-state index >= 15 is 0 Å². The van der Waals surface area contributed by atoms with Gasteiger partial charge in [-0.05, 0) is 19.4 Å². The Bertz CT molecular complexity index is 508. The molecular formula is C11H12ClN3S. The largest absolute Gasteiger partial charge is 0.322 e. The van der Waals surface area contributed by atoms with Crippen LogP contribution in [0.5, 0.6) is 0 Å². The third-order valence-electron chi connectivity index (χ3n) is 2.25. The van der Waals surface area contributed by atoms with E-state index < -0.39 is 0 Å². The van der Waals surface area contributed by atoms with Gasteiger partial charge in [0.1, 0.15) is 10.0 Å². The fourth-order valence-corrected chi connectivity index (χ4v) is 2.44. The number of nitrogens with zero attached hydrogens (tertiary/aromatic N) is 2. The van der Waals surface area contributed by atoms with Gasteiger partial charge in [-0.3, -0.25) is 0 Å². The molecule has 0 spiro atoms. The van der Waals surface area contributed by atoms with Gasteiger partial charge in [-0.25, -0.2) is 0 Å². The average Bonchev–Trinajstić information content (AvgIpc) is 2.71. The minimum Gasteiger partial charge on any atom is -0.322 e. The maximum atomic E-state index is 6.22. The molecule has 1 atom stereocenters. The summed E-state index contributed by atoms with van der Waals surface area (Å²) in [6.45, 7) is 3.86. The highest BCUT2D eigenvalue weighted by Crippen LogP contribution is 2.33. The molecule has 5 heteroatoms. The van der Waals surface area contributed by atoms with E-state index in [9.17, 15) is 0 Å². The van der Waals surface area contributed by atoms with E-state index in [2.05, 4.69) is 10.2 Å². The number of hydrogen-bond donors (Lipinski definition) is 1. The second-order valence-electron chi connectivity index (χ2n) is 3.67. The Balaban J connectivity index is 2.47. The number of aryl methyl sites for hydroxylation is 1. The first-order valence-electron chi connectivity index (χ1n) is 4.94. The Hall–Kier alpha value is -0.970. The number of aromatic nitrogens is 2. The predicted molar refractivity (Wildman–Crippen MR) is 67.7 cm³/mol. The van der Waals surface area contributed by atoms with Crippen molar-refractivity contribution in [3.8, 4) is 10.6 Å². The third-order valence-corrected chi connectivity index (χ3v) is 3.91. The molecule has 84 valence electrons. The van der Waals surface area contributed by atoms with Crippen molar-refractivity contribution in [2.24, 2.45) is 5.73 Å². The van der Waals surface area contributed by atoms with Crippen molar-refractivity contribution in [1.29, 1.82) is 0 Å². The molecule has 0 aliphatic rings. The molecule has 1 unspecified atom stereocenters. The number of benzene rings is 1. The Morgan fingerprint density at radius 2 is 2.12 bits per heavy atom. The summed E-state index contributed by atoms with van der Waals surface area (Å²) in [6.07, 6.45) is 0. The Morgan fingerprint density at radius 3 is 2.75 bits per heavy atom. The van der Waals surface area contributed by atoms with Gasteiger partial charge in [0.2, 0.25) is 0 Å². The topological polar surface area (TPSA) is 51.8 Å². The highest BCUT2D eigenvalue weighted by molar-refractivity contribution is 7.14. The molecule has 0 bridgehead atoms. The summed E-state index contributed by atoms with van der Waals surface area (Å²) in [5.74, 6) is 0. The number of nitrogens with two attached hydrogens (primary N) is 1. The molecule has 0 aliphatic carbocycles. The number of rotatable bonds is 2. The monoisotopic (exact) mass is 253 g/mol. The van der Waals surface area contributed by atoms with Crippen LogP contribution < -0.4 is 5.73 Å². The van der Waals surface area contributed by atoms with Gasteiger partial charge in [-0.1, -0.05) is 41.1 Å². The number of hydrogen-bond acceptors (Lipinski definition) is 4. The lowest BCUT2D eigenvalue weighted by Gasteiger charge is -2.02. The standard InChI is InChI=1S/C11H12ClN3S/c1-6-4-3-5-8(9(6)12)11-15-14-10(16-11)7(2)13/h3-5,7H,13H2,1-2H3. The molecule has 2 aromatic rings. The lowest BCUT2D eigenvalue weighted by molar-refractivity contribution is 0.786. The van der Waals surface area contributed by atoms with Crippen LogP contribution in [0.2, 0.25) is 5.02 Å². The van der Waals surface area contributed by atoms with E-state index in [0.29, 0.717) is 0 Å². The summed E-state index contributed by atoms with van der Waals surface area (Å²) in [5.41, 5.74) is 7.71. The molecule has 3 nitrogen and oxygen atoms in total. The van der Waals surface area contributed by atoms with E-state index in [4.69, 9.17) is 17.3 Å². The van der Waals surface area contributed by atoms with Crippen molar-refractivity contribution in [3.05, 3.63) is 33.8 Å². The van der Waals surface area contributed by atoms with Crippen molar-refractivity contribution in [3.63, 3.8) is 0 Å². The van der Waals surface area contributed by atoms with Crippen LogP contribution >= 0.6 is 22.9 Å². The van der Waals surface area contributed by atoms with Crippen LogP contribution in [-0.4, -0.2) is 10.2 Å². The first-order chi connectivity index (χ1) is 7.59. The lowest BCUT2D eigenvalue weighted by Crippen LogP contribution is -2.03. The zero-order chi connectivity index (χ0) is 11.7. The van der Waals surface area contributed by atoms with Gasteiger partial charge in [-0.2, -0.15) is 0 Å². The van der Waals surface area contributed by atoms with Crippen LogP contribution in [0.25, 0.3) is 10.6 Å². The molecule has 16 heavy (non-hydrogen) atoms. The lowest BCUT2D eigenvalue weighted by atomic mass is 10.1. The summed E-state index contributed by atoms with van der Waals surface area (Å²) >= 11 is 7.71. The van der Waals surface area contributed by atoms with Crippen LogP contribution in [0.4, 0.5) is 0 Å². The van der Waals surface area contributed by atoms with Gasteiger partial charge >= 0.3 is 0 Å². The SMILES string of the molecule is Cc1cccc(-c2nnc(C(C)N)s2)c1Cl. The highest BCUT2D eigenvalue weighted by atomic mass is 35.5. The fraction of sp³-hybridized carbons (Fsp3) is 0.273. The molecular weight excluding hydrogens is 242 g/mol. The molecule has 0 radical (unpaired) electrons. The van der Waals surface area contributed by atoms with Crippen molar-refractivity contribution in [1.82, 2.24) is 10.2 Å². The molecule has 1 heterocycles. The van der Waals surface area contributed by atoms with E-state index in [0.717, 1.165) is 26.2 Å². The van der Waals surface area contributed by atoms with Crippen molar-refractivity contribution in [2.75, 3.05) is 0 Å². The molecule has 0 fully saturated rings. The minimum atomic E-state index is -0.0881. The zero-order valence-electron chi connectivity index (χ0n) is 9.07. The Kier molecular flexibility index (Phi) is 3.23. The molecule has 2 N–H and O–H groups in total. The average molecular weight is 254 g/mol. The van der Waals surface area contributed by atoms with E-state index in [1.165, 1.54) is 11.3 Å². The van der Waals surface area contributed by atoms with Gasteiger partial charge < -0.3 is 5.73 Å². The normalized spacial score (nSPS) is 12.8. The summed E-state index contributed by atoms with van der Waals surface area (Å²) in [4.78, 5) is 0. The number of halogens is 1. The van der Waals surface area contributed by atoms with Gasteiger partial charge in [0.05, 0.1) is 11.1 Å². The van der Waals surface area contributed by atoms with Gasteiger partial charge in [0.25, 0.3) is 0 Å². The van der Waals surface area contributed by atoms with Crippen LogP contribution in [0, 0.1) is 6.92 Å². The second-order valence-corrected chi connectivity index (χ2v) is 5.06. The maximum absolute atomic E-state index is 6.22. The van der Waals surface area contributed by atoms with E-state index in [1.54, 1.807) is 0 Å². The van der Waals surface area contributed by atoms with Crippen LogP contribution in [-0.2, 0) is 0 Å². The van der Waals surface area contributed by atoms with E-state index in [-0.39, 0.29) is 6.04 Å². The van der Waals surface area contributed by atoms with Crippen molar-refractivity contribution in [2.45, 2.75) is 19.9 Å². The predicted octanol–water partition coefficient (Wildman–Crippen LogP) is 3.19. The first-order valence-corrected chi connectivity index (χ1v) is 6.13. The molecule has 0 saturated heterocycles. The summed E-state index contributed by atoms with van der Waals surface area (Å²) in [7, 11) is 0. The molecule has 0 aliphatic heterocycles. The van der Waals surface area contributed by atoms with Crippen molar-refractivity contribution >= 4 is 22.9 Å². The van der Waals surface area contributed by atoms with E-state index in [1.807, 2.05) is 32.0 Å². The minimum absolute atomic E-state index is 0.0881. The van der Waals surface area contributed by atoms with Crippen LogP contribution in [0.1, 0.15) is 23.5 Å². The zero-order valence-corrected chi connectivity index (χ0v) is 10.6. The molecule has 1 aromatic heterocycles. The second kappa shape index (κ2) is 4.49. The molecule has 0 amide bonds.